The summed E-state index contributed by atoms with van der Waals surface area (Å²) in [6.07, 6.45) is 3.91. The van der Waals surface area contributed by atoms with Crippen molar-refractivity contribution in [1.29, 1.82) is 0 Å². The lowest BCUT2D eigenvalue weighted by Gasteiger charge is -2.23. The molecule has 84 valence electrons. The highest BCUT2D eigenvalue weighted by atomic mass is 35.5. The minimum Gasteiger partial charge on any atom is -0.395 e. The molecule has 1 N–H and O–H groups in total. The molecule has 0 aliphatic carbocycles. The van der Waals surface area contributed by atoms with Crippen molar-refractivity contribution in [2.75, 3.05) is 24.6 Å². The predicted molar refractivity (Wildman–Crippen MR) is 63.5 cm³/mol. The Morgan fingerprint density at radius 3 is 2.87 bits per heavy atom. The van der Waals surface area contributed by atoms with Gasteiger partial charge in [0.2, 0.25) is 0 Å². The van der Waals surface area contributed by atoms with Gasteiger partial charge in [0.15, 0.2) is 0 Å². The largest absolute Gasteiger partial charge is 0.395 e. The van der Waals surface area contributed by atoms with Gasteiger partial charge in [-0.2, -0.15) is 0 Å². The molecular weight excluding hydrogens is 212 g/mol. The number of aromatic nitrogens is 1. The van der Waals surface area contributed by atoms with Gasteiger partial charge in [-0.25, -0.2) is 4.98 Å². The van der Waals surface area contributed by atoms with Crippen LogP contribution >= 0.6 is 11.6 Å². The van der Waals surface area contributed by atoms with Crippen molar-refractivity contribution in [3.8, 4) is 0 Å². The summed E-state index contributed by atoms with van der Waals surface area (Å²) >= 11 is 6.05. The zero-order valence-corrected chi connectivity index (χ0v) is 9.74. The van der Waals surface area contributed by atoms with Gasteiger partial charge in [0.25, 0.3) is 0 Å². The summed E-state index contributed by atoms with van der Waals surface area (Å²) in [5.41, 5.74) is 0. The van der Waals surface area contributed by atoms with Crippen LogP contribution in [-0.2, 0) is 0 Å². The second-order valence-corrected chi connectivity index (χ2v) is 3.78. The molecule has 1 aromatic rings. The molecule has 0 spiro atoms. The van der Waals surface area contributed by atoms with Crippen LogP contribution in [-0.4, -0.2) is 29.8 Å². The van der Waals surface area contributed by atoms with Gasteiger partial charge in [-0.15, -0.1) is 0 Å². The number of pyridine rings is 1. The van der Waals surface area contributed by atoms with Crippen LogP contribution in [0, 0.1) is 0 Å². The third kappa shape index (κ3) is 3.68. The van der Waals surface area contributed by atoms with Crippen molar-refractivity contribution in [3.05, 3.63) is 23.4 Å². The van der Waals surface area contributed by atoms with E-state index in [0.717, 1.165) is 25.2 Å². The van der Waals surface area contributed by atoms with Crippen LogP contribution in [0.1, 0.15) is 19.8 Å². The van der Waals surface area contributed by atoms with Gasteiger partial charge >= 0.3 is 0 Å². The van der Waals surface area contributed by atoms with E-state index >= 15 is 0 Å². The Balaban J connectivity index is 2.74. The normalized spacial score (nSPS) is 10.3. The van der Waals surface area contributed by atoms with Crippen LogP contribution < -0.4 is 4.90 Å². The minimum atomic E-state index is 0.122. The number of nitrogens with zero attached hydrogens (tertiary/aromatic N) is 2. The fourth-order valence-corrected chi connectivity index (χ4v) is 1.64. The molecule has 0 aliphatic heterocycles. The molecule has 3 nitrogen and oxygen atoms in total. The smallest absolute Gasteiger partial charge is 0.147 e. The van der Waals surface area contributed by atoms with Gasteiger partial charge in [0.05, 0.1) is 11.6 Å². The van der Waals surface area contributed by atoms with Crippen LogP contribution in [0.15, 0.2) is 18.3 Å². The van der Waals surface area contributed by atoms with Crippen molar-refractivity contribution in [1.82, 2.24) is 4.98 Å². The van der Waals surface area contributed by atoms with E-state index < -0.39 is 0 Å². The van der Waals surface area contributed by atoms with Gasteiger partial charge < -0.3 is 10.0 Å². The van der Waals surface area contributed by atoms with Crippen LogP contribution in [0.3, 0.4) is 0 Å². The van der Waals surface area contributed by atoms with Crippen molar-refractivity contribution < 1.29 is 5.11 Å². The number of aliphatic hydroxyl groups excluding tert-OH is 1. The van der Waals surface area contributed by atoms with Gasteiger partial charge in [-0.3, -0.25) is 0 Å². The van der Waals surface area contributed by atoms with Crippen LogP contribution in [0.4, 0.5) is 5.82 Å². The first-order valence-corrected chi connectivity index (χ1v) is 5.63. The Labute approximate surface area is 95.7 Å². The first-order chi connectivity index (χ1) is 7.29. The molecule has 0 fully saturated rings. The molecule has 0 aromatic carbocycles. The maximum absolute atomic E-state index is 8.98. The van der Waals surface area contributed by atoms with E-state index in [1.807, 2.05) is 17.0 Å². The van der Waals surface area contributed by atoms with Crippen LogP contribution in [0.5, 0.6) is 0 Å². The highest BCUT2D eigenvalue weighted by molar-refractivity contribution is 6.32. The van der Waals surface area contributed by atoms with Crippen molar-refractivity contribution in [3.63, 3.8) is 0 Å². The molecule has 1 heterocycles. The lowest BCUT2D eigenvalue weighted by molar-refractivity contribution is 0.301. The molecular formula is C11H17ClN2O. The predicted octanol–water partition coefficient (Wildman–Crippen LogP) is 2.33. The highest BCUT2D eigenvalue weighted by Crippen LogP contribution is 2.22. The minimum absolute atomic E-state index is 0.122. The number of hydrogen-bond donors (Lipinski definition) is 1. The van der Waals surface area contributed by atoms with E-state index in [2.05, 4.69) is 11.9 Å². The molecule has 0 saturated carbocycles. The average Bonchev–Trinajstić information content (AvgIpc) is 2.25. The fourth-order valence-electron chi connectivity index (χ4n) is 1.40. The van der Waals surface area contributed by atoms with Crippen molar-refractivity contribution in [2.45, 2.75) is 19.8 Å². The summed E-state index contributed by atoms with van der Waals surface area (Å²) in [6, 6.07) is 3.63. The van der Waals surface area contributed by atoms with E-state index in [1.54, 1.807) is 6.20 Å². The summed E-state index contributed by atoms with van der Waals surface area (Å²) < 4.78 is 0. The van der Waals surface area contributed by atoms with E-state index in [1.165, 1.54) is 0 Å². The van der Waals surface area contributed by atoms with Gasteiger partial charge in [-0.05, 0) is 18.6 Å². The molecule has 0 saturated heterocycles. The summed E-state index contributed by atoms with van der Waals surface area (Å²) in [5, 5.41) is 9.62. The van der Waals surface area contributed by atoms with E-state index in [4.69, 9.17) is 16.7 Å². The maximum Gasteiger partial charge on any atom is 0.147 e. The van der Waals surface area contributed by atoms with Gasteiger partial charge in [0, 0.05) is 19.3 Å². The lowest BCUT2D eigenvalue weighted by atomic mass is 10.3. The monoisotopic (exact) mass is 228 g/mol. The molecule has 0 amide bonds. The van der Waals surface area contributed by atoms with Crippen LogP contribution in [0.2, 0.25) is 5.02 Å². The summed E-state index contributed by atoms with van der Waals surface area (Å²) in [7, 11) is 0. The number of anilines is 1. The molecule has 0 unspecified atom stereocenters. The maximum atomic E-state index is 8.98. The highest BCUT2D eigenvalue weighted by Gasteiger charge is 2.09. The summed E-state index contributed by atoms with van der Waals surface area (Å²) in [6.45, 7) is 3.72. The number of hydrogen-bond acceptors (Lipinski definition) is 3. The lowest BCUT2D eigenvalue weighted by Crippen LogP contribution is -2.28. The Kier molecular flexibility index (Phi) is 5.43. The van der Waals surface area contributed by atoms with E-state index in [-0.39, 0.29) is 6.61 Å². The second kappa shape index (κ2) is 6.64. The van der Waals surface area contributed by atoms with Gasteiger partial charge in [-0.1, -0.05) is 24.9 Å². The number of unbranched alkanes of at least 4 members (excludes halogenated alkanes) is 1. The first kappa shape index (κ1) is 12.3. The molecule has 1 aromatic heterocycles. The Hall–Kier alpha value is -0.800. The van der Waals surface area contributed by atoms with E-state index in [9.17, 15) is 0 Å². The Morgan fingerprint density at radius 1 is 1.47 bits per heavy atom. The number of aliphatic hydroxyl groups is 1. The zero-order valence-electron chi connectivity index (χ0n) is 8.99. The number of halogens is 1. The molecule has 0 radical (unpaired) electrons. The first-order valence-electron chi connectivity index (χ1n) is 5.26. The molecule has 4 heteroatoms. The third-order valence-corrected chi connectivity index (χ3v) is 2.49. The third-order valence-electron chi connectivity index (χ3n) is 2.19. The summed E-state index contributed by atoms with van der Waals surface area (Å²) in [4.78, 5) is 6.25. The molecule has 15 heavy (non-hydrogen) atoms. The second-order valence-electron chi connectivity index (χ2n) is 3.37. The average molecular weight is 229 g/mol. The standard InChI is InChI=1S/C11H17ClN2O/c1-2-3-7-14(8-9-15)11-10(12)5-4-6-13-11/h4-6,15H,2-3,7-9H2,1H3. The SMILES string of the molecule is CCCCN(CCO)c1ncccc1Cl. The van der Waals surface area contributed by atoms with Gasteiger partial charge in [0.1, 0.15) is 5.82 Å². The Morgan fingerprint density at radius 2 is 2.27 bits per heavy atom. The van der Waals surface area contributed by atoms with Crippen molar-refractivity contribution >= 4 is 17.4 Å². The topological polar surface area (TPSA) is 36.4 Å². The molecule has 1 rings (SSSR count). The summed E-state index contributed by atoms with van der Waals surface area (Å²) in [5.74, 6) is 0.765. The Bertz CT molecular complexity index is 294. The van der Waals surface area contributed by atoms with E-state index in [0.29, 0.717) is 11.6 Å². The molecule has 0 atom stereocenters. The number of rotatable bonds is 6. The zero-order chi connectivity index (χ0) is 11.1. The fraction of sp³-hybridized carbons (Fsp3) is 0.545. The quantitative estimate of drug-likeness (QED) is 0.812. The molecule has 0 bridgehead atoms. The van der Waals surface area contributed by atoms with Crippen LogP contribution in [0.25, 0.3) is 0 Å². The molecule has 0 aliphatic rings. The van der Waals surface area contributed by atoms with Crippen molar-refractivity contribution in [2.24, 2.45) is 0 Å².